The number of thiophene rings is 1. The normalized spacial score (nSPS) is 18.0. The van der Waals surface area contributed by atoms with Crippen LogP contribution in [0.3, 0.4) is 0 Å². The average molecular weight is 636 g/mol. The molecule has 15 heteroatoms. The molecule has 2 atom stereocenters. The molecule has 5 rings (SSSR count). The first-order chi connectivity index (χ1) is 19.9. The van der Waals surface area contributed by atoms with E-state index in [0.717, 1.165) is 34.4 Å². The van der Waals surface area contributed by atoms with Crippen LogP contribution in [0.1, 0.15) is 40.8 Å². The van der Waals surface area contributed by atoms with Crippen LogP contribution in [-0.2, 0) is 29.8 Å². The van der Waals surface area contributed by atoms with E-state index in [-0.39, 0.29) is 33.2 Å². The predicted octanol–water partition coefficient (Wildman–Crippen LogP) is 9.12. The molecule has 1 saturated heterocycles. The summed E-state index contributed by atoms with van der Waals surface area (Å²) in [6, 6.07) is 6.42. The van der Waals surface area contributed by atoms with Gasteiger partial charge in [0.05, 0.1) is 39.5 Å². The molecule has 1 aliphatic heterocycles. The van der Waals surface area contributed by atoms with Crippen LogP contribution in [0.5, 0.6) is 11.5 Å². The minimum absolute atomic E-state index is 0.0485. The number of nitrogens with zero attached hydrogens (tertiary/aromatic N) is 1. The van der Waals surface area contributed by atoms with Gasteiger partial charge in [0.15, 0.2) is 0 Å². The number of ether oxygens (including phenoxy) is 1. The lowest BCUT2D eigenvalue weighted by atomic mass is 9.96. The summed E-state index contributed by atoms with van der Waals surface area (Å²) >= 11 is 0.944. The first-order valence-electron chi connectivity index (χ1n) is 12.3. The average Bonchev–Trinajstić information content (AvgIpc) is 3.38. The smallest absolute Gasteiger partial charge is 0.416 e. The quantitative estimate of drug-likeness (QED) is 0.220. The number of aromatic hydroxyl groups is 2. The van der Waals surface area contributed by atoms with Crippen LogP contribution in [0.2, 0.25) is 0 Å². The first-order valence-corrected chi connectivity index (χ1v) is 13.1. The maximum atomic E-state index is 13.7. The number of phenolic OH excluding ortho intramolecular Hbond substituents is 1. The van der Waals surface area contributed by atoms with Crippen molar-refractivity contribution in [2.24, 2.45) is 0 Å². The largest absolute Gasteiger partial charge is 0.507 e. The Morgan fingerprint density at radius 3 is 2.00 bits per heavy atom. The molecule has 4 aromatic rings. The number of fused-ring (bicyclic) bond motifs is 1. The van der Waals surface area contributed by atoms with Gasteiger partial charge in [-0.3, -0.25) is 4.90 Å². The summed E-state index contributed by atoms with van der Waals surface area (Å²) in [7, 11) is 0. The number of cyclic esters (lactones) is 1. The Morgan fingerprint density at radius 2 is 1.44 bits per heavy atom. The van der Waals surface area contributed by atoms with Crippen molar-refractivity contribution in [2.45, 2.75) is 44.1 Å². The number of halogens is 9. The van der Waals surface area contributed by atoms with Gasteiger partial charge in [-0.05, 0) is 60.5 Å². The second-order valence-electron chi connectivity index (χ2n) is 9.81. The van der Waals surface area contributed by atoms with Crippen LogP contribution >= 0.6 is 11.3 Å². The van der Waals surface area contributed by atoms with Gasteiger partial charge in [-0.15, -0.1) is 11.3 Å². The molecule has 43 heavy (non-hydrogen) atoms. The standard InChI is InChI=1S/C28H18F9NO4S/c1-12-23(13-7-16(27(32,33)34)10-17(8-13)28(35,36)37)42-25(41)38(12)11-14-9-15(26(29,30)31)5-6-18(14)24-22(40)21-19(39)3-2-4-20(21)43-24/h2-10,12,23,39-40H,11H2,1H3/t12-,23-/m0/s1. The fourth-order valence-corrected chi connectivity index (χ4v) is 6.08. The van der Waals surface area contributed by atoms with E-state index in [1.807, 2.05) is 0 Å². The van der Waals surface area contributed by atoms with Gasteiger partial charge in [0.2, 0.25) is 0 Å². The lowest BCUT2D eigenvalue weighted by molar-refractivity contribution is -0.143. The minimum atomic E-state index is -5.16. The molecule has 2 N–H and O–H groups in total. The van der Waals surface area contributed by atoms with E-state index in [1.165, 1.54) is 19.1 Å². The van der Waals surface area contributed by atoms with E-state index >= 15 is 0 Å². The zero-order chi connectivity index (χ0) is 31.6. The van der Waals surface area contributed by atoms with E-state index in [1.54, 1.807) is 6.07 Å². The van der Waals surface area contributed by atoms with E-state index in [2.05, 4.69) is 0 Å². The van der Waals surface area contributed by atoms with Crippen molar-refractivity contribution >= 4 is 27.5 Å². The van der Waals surface area contributed by atoms with Gasteiger partial charge in [-0.25, -0.2) is 4.79 Å². The third-order valence-electron chi connectivity index (χ3n) is 7.02. The Labute approximate surface area is 240 Å². The zero-order valence-corrected chi connectivity index (χ0v) is 22.3. The molecule has 1 aromatic heterocycles. The summed E-state index contributed by atoms with van der Waals surface area (Å²) in [6.07, 6.45) is -18.0. The van der Waals surface area contributed by atoms with Gasteiger partial charge in [0.1, 0.15) is 17.6 Å². The van der Waals surface area contributed by atoms with E-state index in [9.17, 15) is 54.5 Å². The fraction of sp³-hybridized carbons (Fsp3) is 0.250. The summed E-state index contributed by atoms with van der Waals surface area (Å²) in [5.74, 6) is -0.720. The molecule has 0 spiro atoms. The topological polar surface area (TPSA) is 70.0 Å². The van der Waals surface area contributed by atoms with Gasteiger partial charge < -0.3 is 14.9 Å². The monoisotopic (exact) mass is 635 g/mol. The highest BCUT2D eigenvalue weighted by Crippen LogP contribution is 2.49. The molecule has 1 amide bonds. The van der Waals surface area contributed by atoms with Crippen molar-refractivity contribution in [2.75, 3.05) is 0 Å². The Bertz CT molecular complexity index is 1690. The van der Waals surface area contributed by atoms with Gasteiger partial charge in [0.25, 0.3) is 0 Å². The summed E-state index contributed by atoms with van der Waals surface area (Å²) in [5.41, 5.74) is -5.06. The maximum absolute atomic E-state index is 13.7. The van der Waals surface area contributed by atoms with Crippen molar-refractivity contribution in [3.63, 3.8) is 0 Å². The van der Waals surface area contributed by atoms with Crippen LogP contribution in [0, 0.1) is 0 Å². The Balaban J connectivity index is 1.57. The molecule has 0 radical (unpaired) electrons. The SMILES string of the molecule is C[C@H]1[C@@H](c2cc(C(F)(F)F)cc(C(F)(F)F)c2)OC(=O)N1Cc1cc(C(F)(F)F)ccc1-c1sc2cccc(O)c2c1O. The highest BCUT2D eigenvalue weighted by Gasteiger charge is 2.44. The fourth-order valence-electron chi connectivity index (χ4n) is 4.91. The number of alkyl halides is 9. The number of rotatable bonds is 4. The van der Waals surface area contributed by atoms with Crippen LogP contribution in [0.25, 0.3) is 20.5 Å². The van der Waals surface area contributed by atoms with Crippen molar-refractivity contribution in [3.05, 3.63) is 82.4 Å². The number of carbonyl (C=O) groups excluding carboxylic acids is 1. The Kier molecular flexibility index (Phi) is 7.22. The second-order valence-corrected chi connectivity index (χ2v) is 10.9. The molecule has 3 aromatic carbocycles. The van der Waals surface area contributed by atoms with Crippen molar-refractivity contribution in [1.29, 1.82) is 0 Å². The van der Waals surface area contributed by atoms with Gasteiger partial charge in [-0.1, -0.05) is 12.1 Å². The van der Waals surface area contributed by atoms with E-state index in [4.69, 9.17) is 4.74 Å². The van der Waals surface area contributed by atoms with Gasteiger partial charge in [-0.2, -0.15) is 39.5 Å². The molecule has 1 fully saturated rings. The molecule has 2 heterocycles. The Hall–Kier alpha value is -4.14. The van der Waals surface area contributed by atoms with Crippen LogP contribution in [0.4, 0.5) is 44.3 Å². The highest BCUT2D eigenvalue weighted by molar-refractivity contribution is 7.22. The number of carbonyl (C=O) groups is 1. The summed E-state index contributed by atoms with van der Waals surface area (Å²) < 4.78 is 127. The zero-order valence-electron chi connectivity index (χ0n) is 21.5. The first kappa shape index (κ1) is 30.3. The number of hydrogen-bond donors (Lipinski definition) is 2. The molecule has 1 aliphatic rings. The van der Waals surface area contributed by atoms with Crippen molar-refractivity contribution < 1.29 is 59.3 Å². The minimum Gasteiger partial charge on any atom is -0.507 e. The predicted molar refractivity (Wildman–Crippen MR) is 136 cm³/mol. The summed E-state index contributed by atoms with van der Waals surface area (Å²) in [6.45, 7) is 0.659. The van der Waals surface area contributed by atoms with Crippen LogP contribution < -0.4 is 0 Å². The lowest BCUT2D eigenvalue weighted by Crippen LogP contribution is -2.31. The van der Waals surface area contributed by atoms with E-state index in [0.29, 0.717) is 16.8 Å². The molecule has 5 nitrogen and oxygen atoms in total. The molecule has 228 valence electrons. The molecule has 0 unspecified atom stereocenters. The molecular weight excluding hydrogens is 617 g/mol. The summed E-state index contributed by atoms with van der Waals surface area (Å²) in [5, 5.41) is 21.1. The highest BCUT2D eigenvalue weighted by atomic mass is 32.1. The number of amides is 1. The molecular formula is C28H18F9NO4S. The van der Waals surface area contributed by atoms with Crippen molar-refractivity contribution in [3.8, 4) is 21.9 Å². The maximum Gasteiger partial charge on any atom is 0.416 e. The summed E-state index contributed by atoms with van der Waals surface area (Å²) in [4.78, 5) is 13.8. The number of hydrogen-bond acceptors (Lipinski definition) is 5. The van der Waals surface area contributed by atoms with E-state index < -0.39 is 71.3 Å². The lowest BCUT2D eigenvalue weighted by Gasteiger charge is -2.24. The number of benzene rings is 3. The Morgan fingerprint density at radius 1 is 0.837 bits per heavy atom. The molecule has 0 aliphatic carbocycles. The molecule has 0 bridgehead atoms. The number of phenols is 1. The third-order valence-corrected chi connectivity index (χ3v) is 8.19. The third kappa shape index (κ3) is 5.65. The van der Waals surface area contributed by atoms with Crippen LogP contribution in [-0.4, -0.2) is 27.2 Å². The van der Waals surface area contributed by atoms with Gasteiger partial charge in [0, 0.05) is 10.3 Å². The van der Waals surface area contributed by atoms with Gasteiger partial charge >= 0.3 is 24.6 Å². The second kappa shape index (κ2) is 10.2. The van der Waals surface area contributed by atoms with Crippen molar-refractivity contribution in [1.82, 2.24) is 4.90 Å². The van der Waals surface area contributed by atoms with Crippen LogP contribution in [0.15, 0.2) is 54.6 Å². The molecule has 0 saturated carbocycles.